The molecule has 0 saturated carbocycles. The second kappa shape index (κ2) is 10.6. The van der Waals surface area contributed by atoms with Crippen LogP contribution in [0.4, 0.5) is 0 Å². The Morgan fingerprint density at radius 1 is 1.28 bits per heavy atom. The highest BCUT2D eigenvalue weighted by Crippen LogP contribution is 2.19. The number of piperidine rings is 1. The number of carbonyl (C=O) groups excluding carboxylic acids is 1. The zero-order valence-electron chi connectivity index (χ0n) is 16.0. The van der Waals surface area contributed by atoms with E-state index >= 15 is 0 Å². The number of ether oxygens (including phenoxy) is 2. The van der Waals surface area contributed by atoms with Crippen LogP contribution in [0.5, 0.6) is 0 Å². The smallest absolute Gasteiger partial charge is 0.310 e. The largest absolute Gasteiger partial charge is 0.466 e. The van der Waals surface area contributed by atoms with Crippen molar-refractivity contribution >= 4 is 11.9 Å². The van der Waals surface area contributed by atoms with Gasteiger partial charge in [0.2, 0.25) is 0 Å². The summed E-state index contributed by atoms with van der Waals surface area (Å²) in [5.74, 6) is 0.772. The van der Waals surface area contributed by atoms with Gasteiger partial charge in [-0.2, -0.15) is 0 Å². The van der Waals surface area contributed by atoms with E-state index in [2.05, 4.69) is 20.1 Å². The normalized spacial score (nSPS) is 25.2. The Bertz CT molecular complexity index is 444. The van der Waals surface area contributed by atoms with Gasteiger partial charge in [0.05, 0.1) is 19.1 Å². The van der Waals surface area contributed by atoms with E-state index in [1.165, 1.54) is 12.8 Å². The lowest BCUT2D eigenvalue weighted by atomic mass is 9.98. The minimum Gasteiger partial charge on any atom is -0.466 e. The van der Waals surface area contributed by atoms with Crippen molar-refractivity contribution in [3.63, 3.8) is 0 Å². The van der Waals surface area contributed by atoms with Gasteiger partial charge < -0.3 is 19.7 Å². The number of hydrogen-bond acceptors (Lipinski definition) is 5. The summed E-state index contributed by atoms with van der Waals surface area (Å²) in [5.41, 5.74) is 0. The highest BCUT2D eigenvalue weighted by Gasteiger charge is 2.29. The van der Waals surface area contributed by atoms with E-state index in [0.717, 1.165) is 51.6 Å². The predicted octanol–water partition coefficient (Wildman–Crippen LogP) is 0.948. The lowest BCUT2D eigenvalue weighted by Gasteiger charge is -2.35. The molecule has 2 fully saturated rings. The molecule has 2 atom stereocenters. The predicted molar refractivity (Wildman–Crippen MR) is 98.8 cm³/mol. The third-order valence-corrected chi connectivity index (χ3v) is 5.13. The van der Waals surface area contributed by atoms with Crippen LogP contribution in [0.25, 0.3) is 0 Å². The molecule has 0 aromatic rings. The van der Waals surface area contributed by atoms with E-state index in [1.807, 2.05) is 14.0 Å². The standard InChI is InChI=1S/C18H34N4O3/c1-4-25-17(23)15-7-5-10-22(14-15)18(19-2)20-13-16-8-6-9-21(16)11-12-24-3/h15-16H,4-14H2,1-3H3,(H,19,20). The molecule has 2 aliphatic rings. The molecule has 2 rings (SSSR count). The Kier molecular flexibility index (Phi) is 8.48. The van der Waals surface area contributed by atoms with Crippen LogP contribution in [-0.4, -0.2) is 87.9 Å². The van der Waals surface area contributed by atoms with Crippen LogP contribution in [0.15, 0.2) is 4.99 Å². The molecule has 2 saturated heterocycles. The number of nitrogens with one attached hydrogen (secondary N) is 1. The van der Waals surface area contributed by atoms with Gasteiger partial charge in [-0.3, -0.25) is 14.7 Å². The Hall–Kier alpha value is -1.34. The molecule has 25 heavy (non-hydrogen) atoms. The summed E-state index contributed by atoms with van der Waals surface area (Å²) >= 11 is 0. The van der Waals surface area contributed by atoms with Crippen molar-refractivity contribution < 1.29 is 14.3 Å². The molecule has 0 bridgehead atoms. The van der Waals surface area contributed by atoms with Gasteiger partial charge in [0.25, 0.3) is 0 Å². The molecule has 0 aromatic heterocycles. The fraction of sp³-hybridized carbons (Fsp3) is 0.889. The van der Waals surface area contributed by atoms with Crippen molar-refractivity contribution in [1.82, 2.24) is 15.1 Å². The number of likely N-dealkylation sites (tertiary alicyclic amines) is 2. The third kappa shape index (κ3) is 5.85. The molecule has 2 aliphatic heterocycles. The number of guanidine groups is 1. The molecule has 2 heterocycles. The first-order valence-electron chi connectivity index (χ1n) is 9.54. The van der Waals surface area contributed by atoms with Crippen molar-refractivity contribution in [2.45, 2.75) is 38.6 Å². The van der Waals surface area contributed by atoms with Gasteiger partial charge in [0.1, 0.15) is 0 Å². The molecule has 0 amide bonds. The molecule has 7 heteroatoms. The van der Waals surface area contributed by atoms with Gasteiger partial charge >= 0.3 is 5.97 Å². The number of rotatable bonds is 7. The Labute approximate surface area is 151 Å². The van der Waals surface area contributed by atoms with E-state index in [4.69, 9.17) is 9.47 Å². The molecule has 7 nitrogen and oxygen atoms in total. The van der Waals surface area contributed by atoms with Crippen LogP contribution in [-0.2, 0) is 14.3 Å². The van der Waals surface area contributed by atoms with Gasteiger partial charge in [-0.25, -0.2) is 0 Å². The van der Waals surface area contributed by atoms with Crippen molar-refractivity contribution in [2.75, 3.05) is 60.1 Å². The maximum Gasteiger partial charge on any atom is 0.310 e. The molecule has 144 valence electrons. The third-order valence-electron chi connectivity index (χ3n) is 5.13. The van der Waals surface area contributed by atoms with Crippen LogP contribution in [0.1, 0.15) is 32.6 Å². The van der Waals surface area contributed by atoms with E-state index in [-0.39, 0.29) is 11.9 Å². The summed E-state index contributed by atoms with van der Waals surface area (Å²) < 4.78 is 10.4. The average Bonchev–Trinajstić information content (AvgIpc) is 3.08. The number of hydrogen-bond donors (Lipinski definition) is 1. The average molecular weight is 354 g/mol. The van der Waals surface area contributed by atoms with Crippen LogP contribution >= 0.6 is 0 Å². The molecule has 0 aliphatic carbocycles. The summed E-state index contributed by atoms with van der Waals surface area (Å²) in [6, 6.07) is 0.526. The summed E-state index contributed by atoms with van der Waals surface area (Å²) in [5, 5.41) is 3.52. The Morgan fingerprint density at radius 3 is 2.80 bits per heavy atom. The van der Waals surface area contributed by atoms with E-state index < -0.39 is 0 Å². The van der Waals surface area contributed by atoms with Crippen molar-refractivity contribution in [3.05, 3.63) is 0 Å². The van der Waals surface area contributed by atoms with Crippen molar-refractivity contribution in [1.29, 1.82) is 0 Å². The summed E-state index contributed by atoms with van der Waals surface area (Å²) in [7, 11) is 3.56. The van der Waals surface area contributed by atoms with Crippen LogP contribution < -0.4 is 5.32 Å². The molecule has 0 radical (unpaired) electrons. The summed E-state index contributed by atoms with van der Waals surface area (Å²) in [4.78, 5) is 21.2. The molecule has 1 N–H and O–H groups in total. The van der Waals surface area contributed by atoms with E-state index in [9.17, 15) is 4.79 Å². The highest BCUT2D eigenvalue weighted by atomic mass is 16.5. The maximum absolute atomic E-state index is 12.0. The Balaban J connectivity index is 1.84. The fourth-order valence-corrected chi connectivity index (χ4v) is 3.79. The molecule has 0 spiro atoms. The highest BCUT2D eigenvalue weighted by molar-refractivity contribution is 5.81. The lowest BCUT2D eigenvalue weighted by molar-refractivity contribution is -0.149. The quantitative estimate of drug-likeness (QED) is 0.417. The topological polar surface area (TPSA) is 66.4 Å². The first-order chi connectivity index (χ1) is 12.2. The van der Waals surface area contributed by atoms with Crippen molar-refractivity contribution in [3.8, 4) is 0 Å². The van der Waals surface area contributed by atoms with Gasteiger partial charge in [0, 0.05) is 46.4 Å². The number of nitrogens with zero attached hydrogens (tertiary/aromatic N) is 3. The minimum absolute atomic E-state index is 0.0445. The molecule has 0 aromatic carbocycles. The first-order valence-corrected chi connectivity index (χ1v) is 9.54. The zero-order chi connectivity index (χ0) is 18.1. The Morgan fingerprint density at radius 2 is 2.08 bits per heavy atom. The monoisotopic (exact) mass is 354 g/mol. The number of methoxy groups -OCH3 is 1. The van der Waals surface area contributed by atoms with Gasteiger partial charge in [-0.1, -0.05) is 0 Å². The second-order valence-electron chi connectivity index (χ2n) is 6.79. The zero-order valence-corrected chi connectivity index (χ0v) is 16.0. The first kappa shape index (κ1) is 20.0. The van der Waals surface area contributed by atoms with E-state index in [1.54, 1.807) is 7.11 Å². The molecule has 2 unspecified atom stereocenters. The number of esters is 1. The fourth-order valence-electron chi connectivity index (χ4n) is 3.79. The second-order valence-corrected chi connectivity index (χ2v) is 6.79. The summed E-state index contributed by atoms with van der Waals surface area (Å²) in [6.07, 6.45) is 4.34. The van der Waals surface area contributed by atoms with Crippen molar-refractivity contribution in [2.24, 2.45) is 10.9 Å². The summed E-state index contributed by atoms with van der Waals surface area (Å²) in [6.45, 7) is 7.72. The van der Waals surface area contributed by atoms with Gasteiger partial charge in [0.15, 0.2) is 5.96 Å². The molecular weight excluding hydrogens is 320 g/mol. The van der Waals surface area contributed by atoms with Crippen LogP contribution in [0, 0.1) is 5.92 Å². The SMILES string of the molecule is CCOC(=O)C1CCCN(C(=NC)NCC2CCCN2CCOC)C1. The number of carbonyl (C=O) groups is 1. The lowest BCUT2D eigenvalue weighted by Crippen LogP contribution is -2.51. The van der Waals surface area contributed by atoms with Crippen LogP contribution in [0.3, 0.4) is 0 Å². The van der Waals surface area contributed by atoms with Gasteiger partial charge in [-0.05, 0) is 39.2 Å². The maximum atomic E-state index is 12.0. The number of aliphatic imine (C=N–C) groups is 1. The van der Waals surface area contributed by atoms with Crippen LogP contribution in [0.2, 0.25) is 0 Å². The van der Waals surface area contributed by atoms with E-state index in [0.29, 0.717) is 19.2 Å². The van der Waals surface area contributed by atoms with Gasteiger partial charge in [-0.15, -0.1) is 0 Å². The molecular formula is C18H34N4O3. The minimum atomic E-state index is -0.0795.